The summed E-state index contributed by atoms with van der Waals surface area (Å²) in [4.78, 5) is 27.3. The fraction of sp³-hybridized carbons (Fsp3) is 0.312. The van der Waals surface area contributed by atoms with E-state index in [2.05, 4.69) is 10.3 Å². The number of nitrogens with one attached hydrogen (secondary N) is 1. The summed E-state index contributed by atoms with van der Waals surface area (Å²) in [5.74, 6) is -0.299. The number of fused-ring (bicyclic) bond motifs is 1. The second-order valence-electron chi connectivity index (χ2n) is 5.41. The zero-order valence-corrected chi connectivity index (χ0v) is 13.1. The molecular formula is C16H16ClN3O3. The minimum absolute atomic E-state index is 0.281. The Morgan fingerprint density at radius 1 is 1.43 bits per heavy atom. The molecule has 1 aliphatic rings. The summed E-state index contributed by atoms with van der Waals surface area (Å²) in [5, 5.41) is 3.02. The topological polar surface area (TPSA) is 72.7 Å². The van der Waals surface area contributed by atoms with Crippen molar-refractivity contribution in [3.05, 3.63) is 41.3 Å². The Morgan fingerprint density at radius 3 is 3.04 bits per heavy atom. The van der Waals surface area contributed by atoms with E-state index in [1.807, 2.05) is 18.2 Å². The minimum Gasteiger partial charge on any atom is -0.452 e. The van der Waals surface area contributed by atoms with Crippen LogP contribution in [-0.2, 0) is 14.3 Å². The number of aromatic nitrogens is 2. The largest absolute Gasteiger partial charge is 0.452 e. The molecule has 0 bridgehead atoms. The van der Waals surface area contributed by atoms with Crippen LogP contribution in [0.15, 0.2) is 30.5 Å². The molecule has 2 aromatic rings. The van der Waals surface area contributed by atoms with E-state index >= 15 is 0 Å². The fourth-order valence-corrected chi connectivity index (χ4v) is 2.34. The van der Waals surface area contributed by atoms with Crippen molar-refractivity contribution in [3.63, 3.8) is 0 Å². The van der Waals surface area contributed by atoms with Crippen LogP contribution in [0.25, 0.3) is 11.7 Å². The fourth-order valence-electron chi connectivity index (χ4n) is 2.10. The molecule has 23 heavy (non-hydrogen) atoms. The lowest BCUT2D eigenvalue weighted by molar-refractivity contribution is -0.143. The molecule has 0 aliphatic heterocycles. The van der Waals surface area contributed by atoms with Crippen LogP contribution < -0.4 is 5.32 Å². The zero-order valence-electron chi connectivity index (χ0n) is 12.4. The van der Waals surface area contributed by atoms with E-state index in [0.717, 1.165) is 12.8 Å². The van der Waals surface area contributed by atoms with E-state index in [1.54, 1.807) is 10.6 Å². The summed E-state index contributed by atoms with van der Waals surface area (Å²) in [7, 11) is 0. The molecule has 1 fully saturated rings. The van der Waals surface area contributed by atoms with Crippen molar-refractivity contribution >= 4 is 35.2 Å². The van der Waals surface area contributed by atoms with Crippen molar-refractivity contribution in [2.45, 2.75) is 12.8 Å². The molecule has 0 radical (unpaired) electrons. The van der Waals surface area contributed by atoms with Crippen molar-refractivity contribution in [1.82, 2.24) is 14.7 Å². The molecule has 7 heteroatoms. The summed E-state index contributed by atoms with van der Waals surface area (Å²) in [6.07, 6.45) is 6.86. The van der Waals surface area contributed by atoms with Crippen LogP contribution in [0.1, 0.15) is 18.5 Å². The Morgan fingerprint density at radius 2 is 2.26 bits per heavy atom. The standard InChI is InChI=1S/C16H16ClN3O3/c17-16-12(20-8-2-1-3-13(20)19-16)6-7-15(22)23-10-14(21)18-9-11-4-5-11/h1-3,6-8,11H,4-5,9-10H2,(H,18,21)/b7-6-. The van der Waals surface area contributed by atoms with Crippen molar-refractivity contribution in [2.75, 3.05) is 13.2 Å². The summed E-state index contributed by atoms with van der Waals surface area (Å²) in [6, 6.07) is 5.50. The molecule has 0 unspecified atom stereocenters. The van der Waals surface area contributed by atoms with Crippen LogP contribution in [0, 0.1) is 5.92 Å². The van der Waals surface area contributed by atoms with E-state index < -0.39 is 5.97 Å². The van der Waals surface area contributed by atoms with E-state index in [9.17, 15) is 9.59 Å². The van der Waals surface area contributed by atoms with Crippen molar-refractivity contribution < 1.29 is 14.3 Å². The van der Waals surface area contributed by atoms with Gasteiger partial charge < -0.3 is 10.1 Å². The molecule has 3 rings (SSSR count). The van der Waals surface area contributed by atoms with E-state index in [-0.39, 0.29) is 12.5 Å². The maximum Gasteiger partial charge on any atom is 0.331 e. The molecule has 1 aliphatic carbocycles. The average molecular weight is 334 g/mol. The Bertz CT molecular complexity index is 765. The normalized spacial score (nSPS) is 14.3. The average Bonchev–Trinajstić information content (AvgIpc) is 3.31. The number of pyridine rings is 1. The first-order valence-electron chi connectivity index (χ1n) is 7.37. The molecule has 120 valence electrons. The third-order valence-corrected chi connectivity index (χ3v) is 3.81. The number of amides is 1. The molecule has 0 saturated heterocycles. The van der Waals surface area contributed by atoms with E-state index in [4.69, 9.17) is 16.3 Å². The zero-order chi connectivity index (χ0) is 16.2. The number of rotatable bonds is 6. The first-order chi connectivity index (χ1) is 11.1. The molecule has 1 saturated carbocycles. The van der Waals surface area contributed by atoms with Crippen molar-refractivity contribution in [2.24, 2.45) is 5.92 Å². The third kappa shape index (κ3) is 4.10. The molecule has 0 spiro atoms. The molecule has 0 aromatic carbocycles. The Balaban J connectivity index is 1.54. The number of halogens is 1. The van der Waals surface area contributed by atoms with Gasteiger partial charge in [0.1, 0.15) is 5.65 Å². The summed E-state index contributed by atoms with van der Waals surface area (Å²) >= 11 is 6.06. The van der Waals surface area contributed by atoms with Crippen LogP contribution in [0.4, 0.5) is 0 Å². The van der Waals surface area contributed by atoms with Gasteiger partial charge in [-0.3, -0.25) is 9.20 Å². The SMILES string of the molecule is O=C(COC(=O)/C=C\c1c(Cl)nc2ccccn12)NCC1CC1. The van der Waals surface area contributed by atoms with Gasteiger partial charge in [0.2, 0.25) is 0 Å². The molecule has 0 atom stereocenters. The molecule has 1 amide bonds. The smallest absolute Gasteiger partial charge is 0.331 e. The quantitative estimate of drug-likeness (QED) is 0.649. The summed E-state index contributed by atoms with van der Waals surface area (Å²) in [6.45, 7) is 0.375. The molecular weight excluding hydrogens is 318 g/mol. The van der Waals surface area contributed by atoms with Crippen LogP contribution in [-0.4, -0.2) is 34.4 Å². The van der Waals surface area contributed by atoms with Gasteiger partial charge in [-0.25, -0.2) is 9.78 Å². The van der Waals surface area contributed by atoms with Gasteiger partial charge in [-0.15, -0.1) is 0 Å². The van der Waals surface area contributed by atoms with Crippen molar-refractivity contribution in [3.8, 4) is 0 Å². The first kappa shape index (κ1) is 15.6. The summed E-state index contributed by atoms with van der Waals surface area (Å²) in [5.41, 5.74) is 1.27. The number of carbonyl (C=O) groups excluding carboxylic acids is 2. The molecule has 2 heterocycles. The predicted molar refractivity (Wildman–Crippen MR) is 85.9 cm³/mol. The lowest BCUT2D eigenvalue weighted by Crippen LogP contribution is -2.30. The number of hydrogen-bond acceptors (Lipinski definition) is 4. The van der Waals surface area contributed by atoms with E-state index in [1.165, 1.54) is 12.2 Å². The van der Waals surface area contributed by atoms with Crippen LogP contribution in [0.5, 0.6) is 0 Å². The highest BCUT2D eigenvalue weighted by molar-refractivity contribution is 6.31. The highest BCUT2D eigenvalue weighted by Crippen LogP contribution is 2.27. The minimum atomic E-state index is -0.603. The highest BCUT2D eigenvalue weighted by Gasteiger charge is 2.21. The van der Waals surface area contributed by atoms with Gasteiger partial charge in [0, 0.05) is 18.8 Å². The maximum absolute atomic E-state index is 11.7. The molecule has 1 N–H and O–H groups in total. The number of imidazole rings is 1. The highest BCUT2D eigenvalue weighted by atomic mass is 35.5. The van der Waals surface area contributed by atoms with Gasteiger partial charge in [0.05, 0.1) is 5.69 Å². The lowest BCUT2D eigenvalue weighted by Gasteiger charge is -2.03. The van der Waals surface area contributed by atoms with Gasteiger partial charge >= 0.3 is 5.97 Å². The predicted octanol–water partition coefficient (Wildman–Crippen LogP) is 2.07. The van der Waals surface area contributed by atoms with Gasteiger partial charge in [-0.2, -0.15) is 0 Å². The number of hydrogen-bond donors (Lipinski definition) is 1. The monoisotopic (exact) mass is 333 g/mol. The van der Waals surface area contributed by atoms with Gasteiger partial charge in [-0.1, -0.05) is 17.7 Å². The van der Waals surface area contributed by atoms with Gasteiger partial charge in [0.25, 0.3) is 5.91 Å². The van der Waals surface area contributed by atoms with Gasteiger partial charge in [-0.05, 0) is 37.0 Å². The molecule has 6 nitrogen and oxygen atoms in total. The number of ether oxygens (including phenoxy) is 1. The summed E-state index contributed by atoms with van der Waals surface area (Å²) < 4.78 is 6.65. The third-order valence-electron chi connectivity index (χ3n) is 3.53. The second kappa shape index (κ2) is 6.83. The second-order valence-corrected chi connectivity index (χ2v) is 5.76. The van der Waals surface area contributed by atoms with Crippen LogP contribution in [0.3, 0.4) is 0 Å². The first-order valence-corrected chi connectivity index (χ1v) is 7.75. The van der Waals surface area contributed by atoms with E-state index in [0.29, 0.717) is 29.0 Å². The Hall–Kier alpha value is -2.34. The lowest BCUT2D eigenvalue weighted by atomic mass is 10.4. The van der Waals surface area contributed by atoms with Crippen LogP contribution in [0.2, 0.25) is 5.15 Å². The van der Waals surface area contributed by atoms with Crippen LogP contribution >= 0.6 is 11.6 Å². The number of carbonyl (C=O) groups is 2. The Kier molecular flexibility index (Phi) is 4.62. The van der Waals surface area contributed by atoms with Gasteiger partial charge in [0.15, 0.2) is 11.8 Å². The van der Waals surface area contributed by atoms with Crippen molar-refractivity contribution in [1.29, 1.82) is 0 Å². The molecule has 2 aromatic heterocycles. The number of esters is 1. The number of nitrogens with zero attached hydrogens (tertiary/aromatic N) is 2. The maximum atomic E-state index is 11.7. The Labute approximate surface area is 138 Å².